The van der Waals surface area contributed by atoms with Gasteiger partial charge in [-0.2, -0.15) is 0 Å². The Kier molecular flexibility index (Phi) is 5.89. The quantitative estimate of drug-likeness (QED) is 0.570. The second kappa shape index (κ2) is 8.32. The maximum Gasteiger partial charge on any atom is 0.226 e. The fourth-order valence-corrected chi connectivity index (χ4v) is 4.25. The van der Waals surface area contributed by atoms with Crippen LogP contribution in [-0.4, -0.2) is 33.9 Å². The number of carbonyl (C=O) groups is 1. The Morgan fingerprint density at radius 2 is 2.00 bits per heavy atom. The normalized spacial score (nSPS) is 10.5. The average molecular weight is 424 g/mol. The lowest BCUT2D eigenvalue weighted by atomic mass is 10.3. The van der Waals surface area contributed by atoms with Gasteiger partial charge in [-0.15, -0.1) is 22.7 Å². The van der Waals surface area contributed by atoms with Gasteiger partial charge in [-0.1, -0.05) is 0 Å². The molecule has 24 heavy (non-hydrogen) atoms. The van der Waals surface area contributed by atoms with Crippen molar-refractivity contribution in [3.05, 3.63) is 45.5 Å². The predicted molar refractivity (Wildman–Crippen MR) is 100 cm³/mol. The van der Waals surface area contributed by atoms with E-state index >= 15 is 0 Å². The molecule has 9 heteroatoms. The average Bonchev–Trinajstić information content (AvgIpc) is 3.21. The summed E-state index contributed by atoms with van der Waals surface area (Å²) in [5, 5.41) is 10.8. The highest BCUT2D eigenvalue weighted by atomic mass is 79.9. The third kappa shape index (κ3) is 4.83. The molecule has 0 spiro atoms. The lowest BCUT2D eigenvalue weighted by Gasteiger charge is -2.05. The standard InChI is InChI=1S/C15H14BrN5OS2/c16-10-6-12(23-8-10)14-21-11(9-24-14)7-13(22)17-4-5-20-15-18-2-1-3-19-15/h1-3,6,8-9H,4-5,7H2,(H,17,22)(H,18,19,20). The van der Waals surface area contributed by atoms with Crippen LogP contribution in [0.4, 0.5) is 5.95 Å². The van der Waals surface area contributed by atoms with Crippen molar-refractivity contribution in [2.45, 2.75) is 6.42 Å². The van der Waals surface area contributed by atoms with Gasteiger partial charge in [0.2, 0.25) is 11.9 Å². The Labute approximate surface area is 155 Å². The number of rotatable bonds is 7. The van der Waals surface area contributed by atoms with Crippen molar-refractivity contribution in [3.63, 3.8) is 0 Å². The van der Waals surface area contributed by atoms with E-state index < -0.39 is 0 Å². The van der Waals surface area contributed by atoms with Crippen LogP contribution in [0, 0.1) is 0 Å². The van der Waals surface area contributed by atoms with Gasteiger partial charge < -0.3 is 10.6 Å². The van der Waals surface area contributed by atoms with Crippen LogP contribution >= 0.6 is 38.6 Å². The molecule has 3 heterocycles. The van der Waals surface area contributed by atoms with E-state index in [0.29, 0.717) is 19.0 Å². The molecule has 3 aromatic rings. The fraction of sp³-hybridized carbons (Fsp3) is 0.200. The Balaban J connectivity index is 1.43. The van der Waals surface area contributed by atoms with Gasteiger partial charge in [-0.25, -0.2) is 15.0 Å². The number of carbonyl (C=O) groups excluding carboxylic acids is 1. The molecule has 0 aromatic carbocycles. The number of thiophene rings is 1. The second-order valence-corrected chi connectivity index (χ2v) is 7.48. The highest BCUT2D eigenvalue weighted by Gasteiger charge is 2.10. The molecule has 0 aliphatic heterocycles. The lowest BCUT2D eigenvalue weighted by Crippen LogP contribution is -2.30. The summed E-state index contributed by atoms with van der Waals surface area (Å²) in [6, 6.07) is 3.79. The molecular formula is C15H14BrN5OS2. The maximum absolute atomic E-state index is 12.0. The molecular weight excluding hydrogens is 410 g/mol. The maximum atomic E-state index is 12.0. The Morgan fingerprint density at radius 3 is 2.75 bits per heavy atom. The van der Waals surface area contributed by atoms with E-state index in [0.717, 1.165) is 20.1 Å². The molecule has 0 fully saturated rings. The minimum atomic E-state index is -0.0463. The van der Waals surface area contributed by atoms with Crippen LogP contribution in [0.2, 0.25) is 0 Å². The molecule has 0 atom stereocenters. The molecule has 124 valence electrons. The minimum absolute atomic E-state index is 0.0463. The highest BCUT2D eigenvalue weighted by Crippen LogP contribution is 2.31. The van der Waals surface area contributed by atoms with Crippen LogP contribution in [0.1, 0.15) is 5.69 Å². The van der Waals surface area contributed by atoms with Crippen LogP contribution in [-0.2, 0) is 11.2 Å². The zero-order valence-corrected chi connectivity index (χ0v) is 15.7. The second-order valence-electron chi connectivity index (χ2n) is 4.80. The van der Waals surface area contributed by atoms with E-state index in [9.17, 15) is 4.79 Å². The van der Waals surface area contributed by atoms with Crippen LogP contribution in [0.25, 0.3) is 9.88 Å². The van der Waals surface area contributed by atoms with Crippen molar-refractivity contribution < 1.29 is 4.79 Å². The molecule has 0 radical (unpaired) electrons. The van der Waals surface area contributed by atoms with E-state index in [-0.39, 0.29) is 12.3 Å². The first-order chi connectivity index (χ1) is 11.7. The third-order valence-corrected chi connectivity index (χ3v) is 5.72. The van der Waals surface area contributed by atoms with Crippen LogP contribution in [0.5, 0.6) is 0 Å². The SMILES string of the molecule is O=C(Cc1csc(-c2cc(Br)cs2)n1)NCCNc1ncccn1. The first-order valence-electron chi connectivity index (χ1n) is 7.17. The number of aromatic nitrogens is 3. The molecule has 0 bridgehead atoms. The van der Waals surface area contributed by atoms with E-state index in [1.807, 2.05) is 16.8 Å². The van der Waals surface area contributed by atoms with Crippen molar-refractivity contribution in [3.8, 4) is 9.88 Å². The highest BCUT2D eigenvalue weighted by molar-refractivity contribution is 9.10. The molecule has 0 saturated carbocycles. The molecule has 3 aromatic heterocycles. The summed E-state index contributed by atoms with van der Waals surface area (Å²) >= 11 is 6.62. The molecule has 6 nitrogen and oxygen atoms in total. The summed E-state index contributed by atoms with van der Waals surface area (Å²) in [5.41, 5.74) is 0.788. The Bertz CT molecular complexity index is 805. The predicted octanol–water partition coefficient (Wildman–Crippen LogP) is 3.19. The Morgan fingerprint density at radius 1 is 1.17 bits per heavy atom. The number of halogens is 1. The summed E-state index contributed by atoms with van der Waals surface area (Å²) in [5.74, 6) is 0.507. The van der Waals surface area contributed by atoms with E-state index in [1.165, 1.54) is 0 Å². The first kappa shape index (κ1) is 17.0. The molecule has 2 N–H and O–H groups in total. The molecule has 3 rings (SSSR count). The number of hydrogen-bond acceptors (Lipinski definition) is 7. The van der Waals surface area contributed by atoms with Gasteiger partial charge in [0.05, 0.1) is 17.0 Å². The van der Waals surface area contributed by atoms with Crippen LogP contribution in [0.15, 0.2) is 39.8 Å². The van der Waals surface area contributed by atoms with Crippen molar-refractivity contribution >= 4 is 50.5 Å². The van der Waals surface area contributed by atoms with Crippen molar-refractivity contribution in [2.24, 2.45) is 0 Å². The van der Waals surface area contributed by atoms with Crippen LogP contribution in [0.3, 0.4) is 0 Å². The topological polar surface area (TPSA) is 79.8 Å². The summed E-state index contributed by atoms with van der Waals surface area (Å²) in [7, 11) is 0. The van der Waals surface area contributed by atoms with Crippen molar-refractivity contribution in [2.75, 3.05) is 18.4 Å². The molecule has 0 aliphatic carbocycles. The zero-order valence-electron chi connectivity index (χ0n) is 12.5. The van der Waals surface area contributed by atoms with E-state index in [4.69, 9.17) is 0 Å². The van der Waals surface area contributed by atoms with Gasteiger partial charge in [-0.3, -0.25) is 4.79 Å². The van der Waals surface area contributed by atoms with E-state index in [1.54, 1.807) is 41.1 Å². The van der Waals surface area contributed by atoms with Gasteiger partial charge in [0.15, 0.2) is 0 Å². The van der Waals surface area contributed by atoms with Gasteiger partial charge in [0.25, 0.3) is 0 Å². The smallest absolute Gasteiger partial charge is 0.226 e. The monoisotopic (exact) mass is 423 g/mol. The van der Waals surface area contributed by atoms with Gasteiger partial charge in [0, 0.05) is 40.7 Å². The first-order valence-corrected chi connectivity index (χ1v) is 9.72. The summed E-state index contributed by atoms with van der Waals surface area (Å²) in [6.45, 7) is 1.08. The molecule has 0 aliphatic rings. The zero-order chi connectivity index (χ0) is 16.8. The largest absolute Gasteiger partial charge is 0.354 e. The number of anilines is 1. The third-order valence-electron chi connectivity index (χ3n) is 2.97. The van der Waals surface area contributed by atoms with Gasteiger partial charge >= 0.3 is 0 Å². The number of nitrogens with one attached hydrogen (secondary N) is 2. The summed E-state index contributed by atoms with van der Waals surface area (Å²) in [4.78, 5) is 25.7. The number of hydrogen-bond donors (Lipinski definition) is 2. The summed E-state index contributed by atoms with van der Waals surface area (Å²) in [6.07, 6.45) is 3.62. The van der Waals surface area contributed by atoms with E-state index in [2.05, 4.69) is 41.5 Å². The minimum Gasteiger partial charge on any atom is -0.354 e. The van der Waals surface area contributed by atoms with Gasteiger partial charge in [-0.05, 0) is 28.1 Å². The lowest BCUT2D eigenvalue weighted by molar-refractivity contribution is -0.120. The number of nitrogens with zero attached hydrogens (tertiary/aromatic N) is 3. The van der Waals surface area contributed by atoms with Crippen molar-refractivity contribution in [1.82, 2.24) is 20.3 Å². The fourth-order valence-electron chi connectivity index (χ4n) is 1.92. The molecule has 0 unspecified atom stereocenters. The van der Waals surface area contributed by atoms with Gasteiger partial charge in [0.1, 0.15) is 5.01 Å². The number of thiazole rings is 1. The molecule has 0 saturated heterocycles. The summed E-state index contributed by atoms with van der Waals surface area (Å²) < 4.78 is 1.05. The van der Waals surface area contributed by atoms with Crippen LogP contribution < -0.4 is 10.6 Å². The number of amides is 1. The Hall–Kier alpha value is -1.84. The molecule has 1 amide bonds. The van der Waals surface area contributed by atoms with Crippen molar-refractivity contribution in [1.29, 1.82) is 0 Å².